The van der Waals surface area contributed by atoms with Crippen LogP contribution in [0.4, 0.5) is 0 Å². The van der Waals surface area contributed by atoms with Gasteiger partial charge in [-0.25, -0.2) is 0 Å². The van der Waals surface area contributed by atoms with Crippen molar-refractivity contribution in [3.05, 3.63) is 47.4 Å². The van der Waals surface area contributed by atoms with Gasteiger partial charge in [0.1, 0.15) is 17.3 Å². The van der Waals surface area contributed by atoms with Gasteiger partial charge in [-0.05, 0) is 38.2 Å². The van der Waals surface area contributed by atoms with Gasteiger partial charge in [-0.3, -0.25) is 0 Å². The lowest BCUT2D eigenvalue weighted by Crippen LogP contribution is -2.18. The Morgan fingerprint density at radius 2 is 1.95 bits per heavy atom. The second kappa shape index (κ2) is 5.80. The van der Waals surface area contributed by atoms with E-state index in [1.807, 2.05) is 38.2 Å². The number of rotatable bonds is 5. The zero-order valence-corrected chi connectivity index (χ0v) is 11.7. The molecule has 1 N–H and O–H groups in total. The van der Waals surface area contributed by atoms with E-state index >= 15 is 0 Å². The van der Waals surface area contributed by atoms with Gasteiger partial charge in [-0.2, -0.15) is 0 Å². The number of hydrogen-bond acceptors (Lipinski definition) is 4. The van der Waals surface area contributed by atoms with Crippen LogP contribution in [0, 0.1) is 6.92 Å². The number of hydrogen-bond donors (Lipinski definition) is 1. The molecule has 0 fully saturated rings. The van der Waals surface area contributed by atoms with Gasteiger partial charge in [0.2, 0.25) is 0 Å². The monoisotopic (exact) mass is 261 g/mol. The first kappa shape index (κ1) is 13.5. The van der Waals surface area contributed by atoms with Gasteiger partial charge in [-0.1, -0.05) is 0 Å². The maximum Gasteiger partial charge on any atom is 0.124 e. The van der Waals surface area contributed by atoms with E-state index in [1.54, 1.807) is 20.5 Å². The lowest BCUT2D eigenvalue weighted by molar-refractivity contribution is 0.395. The third kappa shape index (κ3) is 2.74. The van der Waals surface area contributed by atoms with E-state index in [0.29, 0.717) is 0 Å². The molecule has 0 saturated heterocycles. The minimum absolute atomic E-state index is 0.00231. The molecule has 4 nitrogen and oxygen atoms in total. The summed E-state index contributed by atoms with van der Waals surface area (Å²) in [5.74, 6) is 2.51. The van der Waals surface area contributed by atoms with Crippen LogP contribution in [-0.4, -0.2) is 21.3 Å². The first-order chi connectivity index (χ1) is 9.19. The molecule has 0 aliphatic carbocycles. The van der Waals surface area contributed by atoms with Crippen LogP contribution < -0.4 is 14.8 Å². The van der Waals surface area contributed by atoms with Crippen molar-refractivity contribution in [3.8, 4) is 11.5 Å². The van der Waals surface area contributed by atoms with Crippen LogP contribution in [0.5, 0.6) is 11.5 Å². The second-order valence-corrected chi connectivity index (χ2v) is 4.32. The van der Waals surface area contributed by atoms with E-state index in [1.165, 1.54) is 0 Å². The highest BCUT2D eigenvalue weighted by Crippen LogP contribution is 2.33. The van der Waals surface area contributed by atoms with Crippen molar-refractivity contribution in [3.63, 3.8) is 0 Å². The molecule has 0 radical (unpaired) electrons. The van der Waals surface area contributed by atoms with Crippen molar-refractivity contribution < 1.29 is 13.9 Å². The largest absolute Gasteiger partial charge is 0.497 e. The third-order valence-electron chi connectivity index (χ3n) is 3.12. The Labute approximate surface area is 113 Å². The number of benzene rings is 1. The molecule has 1 aromatic heterocycles. The molecular weight excluding hydrogens is 242 g/mol. The predicted octanol–water partition coefficient (Wildman–Crippen LogP) is 2.91. The van der Waals surface area contributed by atoms with Crippen LogP contribution in [0.1, 0.15) is 22.9 Å². The molecule has 0 aliphatic rings. The van der Waals surface area contributed by atoms with E-state index in [4.69, 9.17) is 13.9 Å². The fourth-order valence-corrected chi connectivity index (χ4v) is 2.18. The Balaban J connectivity index is 2.47. The van der Waals surface area contributed by atoms with E-state index in [2.05, 4.69) is 5.32 Å². The molecule has 2 rings (SSSR count). The molecule has 1 heterocycles. The molecule has 0 bridgehead atoms. The van der Waals surface area contributed by atoms with Crippen LogP contribution in [0.25, 0.3) is 0 Å². The van der Waals surface area contributed by atoms with E-state index in [0.717, 1.165) is 28.4 Å². The summed E-state index contributed by atoms with van der Waals surface area (Å²) in [4.78, 5) is 0. The Bertz CT molecular complexity index is 548. The first-order valence-electron chi connectivity index (χ1n) is 6.13. The normalized spacial score (nSPS) is 12.2. The molecule has 1 aromatic carbocycles. The molecule has 0 aliphatic heterocycles. The third-order valence-corrected chi connectivity index (χ3v) is 3.12. The molecule has 1 unspecified atom stereocenters. The molecule has 0 spiro atoms. The van der Waals surface area contributed by atoms with Gasteiger partial charge in [-0.15, -0.1) is 0 Å². The van der Waals surface area contributed by atoms with E-state index < -0.39 is 0 Å². The second-order valence-electron chi connectivity index (χ2n) is 4.32. The van der Waals surface area contributed by atoms with Crippen LogP contribution in [-0.2, 0) is 0 Å². The van der Waals surface area contributed by atoms with Gasteiger partial charge < -0.3 is 19.2 Å². The summed E-state index contributed by atoms with van der Waals surface area (Å²) in [5.41, 5.74) is 2.08. The quantitative estimate of drug-likeness (QED) is 0.898. The summed E-state index contributed by atoms with van der Waals surface area (Å²) in [7, 11) is 5.23. The Morgan fingerprint density at radius 3 is 2.47 bits per heavy atom. The molecule has 2 aromatic rings. The van der Waals surface area contributed by atoms with Crippen LogP contribution in [0.2, 0.25) is 0 Å². The highest BCUT2D eigenvalue weighted by molar-refractivity contribution is 5.45. The maximum atomic E-state index is 5.43. The lowest BCUT2D eigenvalue weighted by atomic mass is 9.99. The van der Waals surface area contributed by atoms with Gasteiger partial charge >= 0.3 is 0 Å². The lowest BCUT2D eigenvalue weighted by Gasteiger charge is -2.19. The van der Waals surface area contributed by atoms with Gasteiger partial charge in [0.15, 0.2) is 0 Å². The maximum absolute atomic E-state index is 5.43. The highest BCUT2D eigenvalue weighted by atomic mass is 16.5. The summed E-state index contributed by atoms with van der Waals surface area (Å²) in [6, 6.07) is 7.78. The number of furan rings is 1. The fourth-order valence-electron chi connectivity index (χ4n) is 2.18. The van der Waals surface area contributed by atoms with E-state index in [-0.39, 0.29) is 6.04 Å². The number of methoxy groups -OCH3 is 2. The van der Waals surface area contributed by atoms with Gasteiger partial charge in [0.25, 0.3) is 0 Å². The Kier molecular flexibility index (Phi) is 4.12. The van der Waals surface area contributed by atoms with Crippen molar-refractivity contribution >= 4 is 0 Å². The molecule has 0 saturated carbocycles. The highest BCUT2D eigenvalue weighted by Gasteiger charge is 2.19. The van der Waals surface area contributed by atoms with E-state index in [9.17, 15) is 0 Å². The minimum Gasteiger partial charge on any atom is -0.497 e. The van der Waals surface area contributed by atoms with Crippen LogP contribution in [0.15, 0.2) is 34.9 Å². The zero-order chi connectivity index (χ0) is 13.8. The summed E-state index contributed by atoms with van der Waals surface area (Å²) in [6.45, 7) is 1.93. The minimum atomic E-state index is 0.00231. The SMILES string of the molecule is CNC(c1coc(C)c1)c1cc(OC)ccc1OC. The average Bonchev–Trinajstić information content (AvgIpc) is 2.86. The van der Waals surface area contributed by atoms with Crippen molar-refractivity contribution in [2.24, 2.45) is 0 Å². The van der Waals surface area contributed by atoms with Crippen molar-refractivity contribution in [2.45, 2.75) is 13.0 Å². The first-order valence-corrected chi connectivity index (χ1v) is 6.13. The number of aryl methyl sites for hydroxylation is 1. The van der Waals surface area contributed by atoms with Crippen molar-refractivity contribution in [1.29, 1.82) is 0 Å². The fraction of sp³-hybridized carbons (Fsp3) is 0.333. The summed E-state index contributed by atoms with van der Waals surface area (Å²) in [5, 5.41) is 3.28. The molecule has 1 atom stereocenters. The molecule has 4 heteroatoms. The van der Waals surface area contributed by atoms with Crippen molar-refractivity contribution in [1.82, 2.24) is 5.32 Å². The van der Waals surface area contributed by atoms with Gasteiger partial charge in [0.05, 0.1) is 26.5 Å². The predicted molar refractivity (Wildman–Crippen MR) is 73.9 cm³/mol. The molecule has 19 heavy (non-hydrogen) atoms. The summed E-state index contributed by atoms with van der Waals surface area (Å²) < 4.78 is 16.1. The van der Waals surface area contributed by atoms with Gasteiger partial charge in [0, 0.05) is 11.1 Å². The average molecular weight is 261 g/mol. The van der Waals surface area contributed by atoms with Crippen LogP contribution >= 0.6 is 0 Å². The molecule has 102 valence electrons. The molecule has 0 amide bonds. The Morgan fingerprint density at radius 1 is 1.16 bits per heavy atom. The van der Waals surface area contributed by atoms with Crippen LogP contribution in [0.3, 0.4) is 0 Å². The summed E-state index contributed by atoms with van der Waals surface area (Å²) >= 11 is 0. The number of nitrogens with one attached hydrogen (secondary N) is 1. The van der Waals surface area contributed by atoms with Crippen molar-refractivity contribution in [2.75, 3.05) is 21.3 Å². The standard InChI is InChI=1S/C15H19NO3/c1-10-7-11(9-19-10)15(16-2)13-8-12(17-3)5-6-14(13)18-4/h5-9,15-16H,1-4H3. The smallest absolute Gasteiger partial charge is 0.124 e. The molecular formula is C15H19NO3. The number of ether oxygens (including phenoxy) is 2. The Hall–Kier alpha value is -1.94. The summed E-state index contributed by atoms with van der Waals surface area (Å²) in [6.07, 6.45) is 1.76. The zero-order valence-electron chi connectivity index (χ0n) is 11.7. The topological polar surface area (TPSA) is 43.6 Å².